The van der Waals surface area contributed by atoms with Gasteiger partial charge >= 0.3 is 0 Å². The maximum atomic E-state index is 14.2. The molecule has 2 heterocycles. The maximum absolute atomic E-state index is 14.2. The van der Waals surface area contributed by atoms with Crippen LogP contribution in [0.25, 0.3) is 11.3 Å². The molecule has 0 saturated carbocycles. The molecule has 0 aliphatic rings. The van der Waals surface area contributed by atoms with Crippen molar-refractivity contribution in [3.63, 3.8) is 0 Å². The van der Waals surface area contributed by atoms with Crippen LogP contribution < -0.4 is 10.1 Å². The molecule has 1 aromatic carbocycles. The molecule has 0 aliphatic heterocycles. The summed E-state index contributed by atoms with van der Waals surface area (Å²) in [5.41, 5.74) is 3.00. The minimum atomic E-state index is -0.503. The summed E-state index contributed by atoms with van der Waals surface area (Å²) >= 11 is 1.32. The first-order valence-corrected chi connectivity index (χ1v) is 8.41. The average molecular weight is 360 g/mol. The molecule has 0 atom stereocenters. The second kappa shape index (κ2) is 7.54. The first-order chi connectivity index (χ1) is 12.1. The predicted molar refractivity (Wildman–Crippen MR) is 94.9 cm³/mol. The molecule has 3 aromatic rings. The van der Waals surface area contributed by atoms with Crippen LogP contribution in [0, 0.1) is 19.7 Å². The Kier molecular flexibility index (Phi) is 5.20. The fourth-order valence-electron chi connectivity index (χ4n) is 2.25. The molecule has 2 N–H and O–H groups in total. The van der Waals surface area contributed by atoms with Crippen molar-refractivity contribution in [1.82, 2.24) is 14.3 Å². The molecule has 3 rings (SSSR count). The third kappa shape index (κ3) is 4.09. The maximum Gasteiger partial charge on any atom is 0.228 e. The first kappa shape index (κ1) is 17.2. The fraction of sp³-hybridized carbons (Fsp3) is 0.235. The van der Waals surface area contributed by atoms with Gasteiger partial charge in [-0.15, -0.1) is 0 Å². The molecule has 2 aromatic heterocycles. The molecule has 0 spiro atoms. The number of ether oxygens (including phenoxy) is 1. The zero-order valence-electron chi connectivity index (χ0n) is 13.8. The van der Waals surface area contributed by atoms with Crippen LogP contribution >= 0.6 is 11.5 Å². The van der Waals surface area contributed by atoms with Crippen molar-refractivity contribution in [1.29, 1.82) is 0 Å². The van der Waals surface area contributed by atoms with E-state index in [1.807, 2.05) is 19.9 Å². The van der Waals surface area contributed by atoms with Crippen LogP contribution in [0.2, 0.25) is 0 Å². The summed E-state index contributed by atoms with van der Waals surface area (Å²) in [6, 6.07) is 6.52. The number of nitrogens with one attached hydrogen (secondary N) is 1. The van der Waals surface area contributed by atoms with Crippen LogP contribution in [0.5, 0.6) is 5.75 Å². The number of anilines is 2. The summed E-state index contributed by atoms with van der Waals surface area (Å²) < 4.78 is 23.5. The van der Waals surface area contributed by atoms with Gasteiger partial charge in [-0.25, -0.2) is 14.4 Å². The number of hydrogen-bond acceptors (Lipinski definition) is 7. The molecule has 25 heavy (non-hydrogen) atoms. The Morgan fingerprint density at radius 1 is 1.28 bits per heavy atom. The number of aliphatic hydroxyl groups is 1. The third-order valence-electron chi connectivity index (χ3n) is 3.39. The lowest BCUT2D eigenvalue weighted by Crippen LogP contribution is -2.03. The second-order valence-corrected chi connectivity index (χ2v) is 6.21. The molecule has 0 fully saturated rings. The van der Waals surface area contributed by atoms with E-state index in [1.54, 1.807) is 12.3 Å². The van der Waals surface area contributed by atoms with Crippen LogP contribution in [0.15, 0.2) is 30.5 Å². The highest BCUT2D eigenvalue weighted by molar-refractivity contribution is 7.10. The van der Waals surface area contributed by atoms with Gasteiger partial charge in [0.2, 0.25) is 5.95 Å². The van der Waals surface area contributed by atoms with E-state index in [0.29, 0.717) is 17.2 Å². The van der Waals surface area contributed by atoms with Crippen LogP contribution in [0.1, 0.15) is 11.3 Å². The molecule has 6 nitrogen and oxygen atoms in total. The lowest BCUT2D eigenvalue weighted by molar-refractivity contribution is 0.196. The van der Waals surface area contributed by atoms with Gasteiger partial charge in [-0.05, 0) is 55.2 Å². The van der Waals surface area contributed by atoms with Gasteiger partial charge in [0.1, 0.15) is 11.6 Å². The van der Waals surface area contributed by atoms with Gasteiger partial charge in [-0.3, -0.25) is 0 Å². The number of benzene rings is 1. The minimum absolute atomic E-state index is 0.0468. The number of aromatic nitrogens is 3. The van der Waals surface area contributed by atoms with Gasteiger partial charge in [-0.1, -0.05) is 0 Å². The van der Waals surface area contributed by atoms with Crippen LogP contribution in [-0.4, -0.2) is 32.7 Å². The zero-order valence-corrected chi connectivity index (χ0v) is 14.6. The molecular weight excluding hydrogens is 343 g/mol. The molecular formula is C17H17FN4O2S. The smallest absolute Gasteiger partial charge is 0.228 e. The summed E-state index contributed by atoms with van der Waals surface area (Å²) in [4.78, 5) is 8.75. The van der Waals surface area contributed by atoms with E-state index in [1.165, 1.54) is 23.7 Å². The van der Waals surface area contributed by atoms with E-state index in [4.69, 9.17) is 9.84 Å². The number of halogens is 1. The van der Waals surface area contributed by atoms with Crippen LogP contribution in [0.3, 0.4) is 0 Å². The molecule has 0 saturated heterocycles. The van der Waals surface area contributed by atoms with Crippen LogP contribution in [0.4, 0.5) is 15.3 Å². The summed E-state index contributed by atoms with van der Waals surface area (Å²) in [7, 11) is 0. The molecule has 0 amide bonds. The Morgan fingerprint density at radius 3 is 2.80 bits per heavy atom. The number of rotatable bonds is 6. The molecule has 0 bridgehead atoms. The summed E-state index contributed by atoms with van der Waals surface area (Å²) in [6.07, 6.45) is 1.69. The SMILES string of the molecule is Cc1cc(Nc2ncc(C)c(-c3ccc(OCCO)c(F)c3)n2)sn1. The Morgan fingerprint density at radius 2 is 2.12 bits per heavy atom. The zero-order chi connectivity index (χ0) is 17.8. The van der Waals surface area contributed by atoms with Crippen molar-refractivity contribution in [2.24, 2.45) is 0 Å². The number of hydrogen-bond donors (Lipinski definition) is 2. The monoisotopic (exact) mass is 360 g/mol. The van der Waals surface area contributed by atoms with E-state index in [0.717, 1.165) is 16.3 Å². The van der Waals surface area contributed by atoms with Gasteiger partial charge in [-0.2, -0.15) is 4.37 Å². The highest BCUT2D eigenvalue weighted by Gasteiger charge is 2.11. The largest absolute Gasteiger partial charge is 0.488 e. The normalized spacial score (nSPS) is 10.7. The summed E-state index contributed by atoms with van der Waals surface area (Å²) in [5.74, 6) is 0.0183. The Bertz CT molecular complexity index is 885. The highest BCUT2D eigenvalue weighted by atomic mass is 32.1. The first-order valence-electron chi connectivity index (χ1n) is 7.64. The molecule has 0 unspecified atom stereocenters. The van der Waals surface area contributed by atoms with E-state index < -0.39 is 5.82 Å². The third-order valence-corrected chi connectivity index (χ3v) is 4.18. The lowest BCUT2D eigenvalue weighted by Gasteiger charge is -2.10. The van der Waals surface area contributed by atoms with Gasteiger partial charge in [0.25, 0.3) is 0 Å². The summed E-state index contributed by atoms with van der Waals surface area (Å²) in [5, 5.41) is 12.7. The molecule has 0 radical (unpaired) electrons. The quantitative estimate of drug-likeness (QED) is 0.701. The number of nitrogens with zero attached hydrogens (tertiary/aromatic N) is 3. The summed E-state index contributed by atoms with van der Waals surface area (Å²) in [6.45, 7) is 3.65. The van der Waals surface area contributed by atoms with E-state index in [-0.39, 0.29) is 19.0 Å². The Balaban J connectivity index is 1.88. The number of aryl methyl sites for hydroxylation is 2. The van der Waals surface area contributed by atoms with Crippen molar-refractivity contribution in [3.05, 3.63) is 47.5 Å². The van der Waals surface area contributed by atoms with Crippen molar-refractivity contribution in [2.45, 2.75) is 13.8 Å². The van der Waals surface area contributed by atoms with E-state index in [9.17, 15) is 4.39 Å². The Labute approximate surface area is 148 Å². The van der Waals surface area contributed by atoms with E-state index >= 15 is 0 Å². The lowest BCUT2D eigenvalue weighted by atomic mass is 10.1. The molecule has 8 heteroatoms. The van der Waals surface area contributed by atoms with Crippen molar-refractivity contribution >= 4 is 22.5 Å². The van der Waals surface area contributed by atoms with Crippen molar-refractivity contribution in [3.8, 4) is 17.0 Å². The van der Waals surface area contributed by atoms with E-state index in [2.05, 4.69) is 19.7 Å². The molecule has 0 aliphatic carbocycles. The van der Waals surface area contributed by atoms with Gasteiger partial charge in [0, 0.05) is 11.8 Å². The van der Waals surface area contributed by atoms with Crippen molar-refractivity contribution < 1.29 is 14.2 Å². The highest BCUT2D eigenvalue weighted by Crippen LogP contribution is 2.28. The Hall–Kier alpha value is -2.58. The second-order valence-electron chi connectivity index (χ2n) is 5.40. The van der Waals surface area contributed by atoms with Gasteiger partial charge < -0.3 is 15.2 Å². The average Bonchev–Trinajstić information content (AvgIpc) is 3.00. The fourth-order valence-corrected chi connectivity index (χ4v) is 2.90. The minimum Gasteiger partial charge on any atom is -0.488 e. The number of aliphatic hydroxyl groups excluding tert-OH is 1. The standard InChI is InChI=1S/C17H17FN4O2S/c1-10-9-19-17(20-15-7-11(2)22-25-15)21-16(10)12-3-4-14(13(18)8-12)24-6-5-23/h3-4,7-9,23H,5-6H2,1-2H3,(H,19,20,21). The van der Waals surface area contributed by atoms with Crippen LogP contribution in [-0.2, 0) is 0 Å². The topological polar surface area (TPSA) is 80.2 Å². The van der Waals surface area contributed by atoms with Gasteiger partial charge in [0.05, 0.1) is 18.0 Å². The molecule has 130 valence electrons. The van der Waals surface area contributed by atoms with Gasteiger partial charge in [0.15, 0.2) is 11.6 Å². The predicted octanol–water partition coefficient (Wildman–Crippen LogP) is 3.47. The van der Waals surface area contributed by atoms with Crippen molar-refractivity contribution in [2.75, 3.05) is 18.5 Å².